The molecule has 7 heavy (non-hydrogen) atoms. The van der Waals surface area contributed by atoms with E-state index in [-0.39, 0.29) is 0 Å². The van der Waals surface area contributed by atoms with Crippen molar-refractivity contribution < 1.29 is 4.21 Å². The van der Waals surface area contributed by atoms with Gasteiger partial charge in [-0.15, -0.1) is 0 Å². The predicted molar refractivity (Wildman–Crippen MR) is 37.7 cm³/mol. The van der Waals surface area contributed by atoms with E-state index in [1.807, 2.05) is 0 Å². The van der Waals surface area contributed by atoms with Crippen LogP contribution in [0.4, 0.5) is 0 Å². The molecule has 1 saturated heterocycles. The average molecular weight is 154 g/mol. The zero-order valence-electron chi connectivity index (χ0n) is 3.75. The molecule has 0 amide bonds. The first-order valence-electron chi connectivity index (χ1n) is 2.08. The summed E-state index contributed by atoms with van der Waals surface area (Å²) in [6.07, 6.45) is 1.13. The maximum atomic E-state index is 10.5. The molecule has 0 spiro atoms. The van der Waals surface area contributed by atoms with Crippen molar-refractivity contribution in [1.82, 2.24) is 0 Å². The molecular weight excluding hydrogens is 148 g/mol. The summed E-state index contributed by atoms with van der Waals surface area (Å²) in [5, 5.41) is 0. The Morgan fingerprint density at radius 3 is 2.71 bits per heavy atom. The van der Waals surface area contributed by atoms with Gasteiger partial charge in [0.15, 0.2) is 0 Å². The van der Waals surface area contributed by atoms with E-state index in [1.165, 1.54) is 15.6 Å². The second-order valence-electron chi connectivity index (χ2n) is 1.25. The van der Waals surface area contributed by atoms with Gasteiger partial charge in [-0.05, 0) is 6.42 Å². The molecule has 0 saturated carbocycles. The van der Waals surface area contributed by atoms with E-state index < -0.39 is 9.83 Å². The Labute approximate surface area is 52.9 Å². The zero-order chi connectivity index (χ0) is 5.11. The molecule has 1 aliphatic heterocycles. The van der Waals surface area contributed by atoms with E-state index in [4.69, 9.17) is 0 Å². The van der Waals surface area contributed by atoms with Gasteiger partial charge in [0.05, 0.1) is 9.83 Å². The van der Waals surface area contributed by atoms with Gasteiger partial charge in [-0.3, -0.25) is 0 Å². The predicted octanol–water partition coefficient (Wildman–Crippen LogP) is 1.44. The number of hydrogen-bond acceptors (Lipinski definition) is 3. The van der Waals surface area contributed by atoms with Crippen molar-refractivity contribution in [2.45, 2.75) is 6.42 Å². The molecule has 4 heteroatoms. The number of rotatable bonds is 0. The highest BCUT2D eigenvalue weighted by molar-refractivity contribution is 9.05. The van der Waals surface area contributed by atoms with Gasteiger partial charge in [-0.2, -0.15) is 0 Å². The van der Waals surface area contributed by atoms with E-state index in [0.29, 0.717) is 0 Å². The van der Waals surface area contributed by atoms with Crippen molar-refractivity contribution in [3.05, 3.63) is 0 Å². The standard InChI is InChI=1S/C3H6OS3/c4-7-3-1-2-5-6-7/h1-3H2. The minimum Gasteiger partial charge on any atom is -0.247 e. The molecule has 0 aromatic heterocycles. The van der Waals surface area contributed by atoms with Crippen LogP contribution in [-0.4, -0.2) is 15.7 Å². The van der Waals surface area contributed by atoms with Gasteiger partial charge in [-0.25, -0.2) is 4.21 Å². The zero-order valence-corrected chi connectivity index (χ0v) is 6.20. The molecular formula is C3H6OS3. The molecule has 1 rings (SSSR count). The molecule has 0 radical (unpaired) electrons. The fourth-order valence-corrected chi connectivity index (χ4v) is 5.05. The summed E-state index contributed by atoms with van der Waals surface area (Å²) in [4.78, 5) is 0. The highest BCUT2D eigenvalue weighted by Gasteiger charge is 2.06. The van der Waals surface area contributed by atoms with Gasteiger partial charge in [0.1, 0.15) is 0 Å². The van der Waals surface area contributed by atoms with Crippen molar-refractivity contribution in [1.29, 1.82) is 0 Å². The van der Waals surface area contributed by atoms with E-state index in [1.54, 1.807) is 10.8 Å². The van der Waals surface area contributed by atoms with Crippen LogP contribution in [-0.2, 0) is 9.83 Å². The van der Waals surface area contributed by atoms with Crippen LogP contribution < -0.4 is 0 Å². The third-order valence-corrected chi connectivity index (χ3v) is 5.96. The Morgan fingerprint density at radius 2 is 2.43 bits per heavy atom. The van der Waals surface area contributed by atoms with Crippen molar-refractivity contribution in [3.8, 4) is 0 Å². The van der Waals surface area contributed by atoms with Gasteiger partial charge >= 0.3 is 0 Å². The molecule has 1 atom stereocenters. The lowest BCUT2D eigenvalue weighted by atomic mass is 10.6. The lowest BCUT2D eigenvalue weighted by Gasteiger charge is -2.04. The molecule has 1 nitrogen and oxygen atoms in total. The fraction of sp³-hybridized carbons (Fsp3) is 1.00. The van der Waals surface area contributed by atoms with Gasteiger partial charge < -0.3 is 0 Å². The first kappa shape index (κ1) is 5.98. The molecule has 42 valence electrons. The minimum absolute atomic E-state index is 0.561. The van der Waals surface area contributed by atoms with E-state index in [9.17, 15) is 4.21 Å². The summed E-state index contributed by atoms with van der Waals surface area (Å²) in [7, 11) is 2.67. The second-order valence-corrected chi connectivity index (χ2v) is 6.50. The maximum absolute atomic E-state index is 10.5. The molecule has 0 aliphatic carbocycles. The Bertz CT molecular complexity index is 74.2. The Hall–Kier alpha value is 0.850. The van der Waals surface area contributed by atoms with Crippen LogP contribution >= 0.6 is 20.6 Å². The first-order valence-corrected chi connectivity index (χ1v) is 6.23. The summed E-state index contributed by atoms with van der Waals surface area (Å²) in [5.74, 6) is 2.08. The Balaban J connectivity index is 2.25. The summed E-state index contributed by atoms with van der Waals surface area (Å²) >= 11 is 0. The Kier molecular flexibility index (Phi) is 2.56. The van der Waals surface area contributed by atoms with Gasteiger partial charge in [0.2, 0.25) is 0 Å². The first-order chi connectivity index (χ1) is 3.39. The highest BCUT2D eigenvalue weighted by atomic mass is 33.5. The quantitative estimate of drug-likeness (QED) is 0.491. The van der Waals surface area contributed by atoms with E-state index in [0.717, 1.165) is 12.2 Å². The maximum Gasteiger partial charge on any atom is 0.0911 e. The normalized spacial score (nSPS) is 32.9. The largest absolute Gasteiger partial charge is 0.247 e. The molecule has 0 aromatic carbocycles. The molecule has 1 fully saturated rings. The van der Waals surface area contributed by atoms with Crippen LogP contribution in [0.1, 0.15) is 6.42 Å². The summed E-state index contributed by atoms with van der Waals surface area (Å²) in [6.45, 7) is 0. The van der Waals surface area contributed by atoms with Crippen molar-refractivity contribution in [2.24, 2.45) is 0 Å². The smallest absolute Gasteiger partial charge is 0.0911 e. The van der Waals surface area contributed by atoms with Crippen molar-refractivity contribution in [3.63, 3.8) is 0 Å². The summed E-state index contributed by atoms with van der Waals surface area (Å²) in [5.41, 5.74) is 0. The second kappa shape index (κ2) is 2.99. The lowest BCUT2D eigenvalue weighted by Crippen LogP contribution is -1.97. The lowest BCUT2D eigenvalue weighted by molar-refractivity contribution is 0.690. The summed E-state index contributed by atoms with van der Waals surface area (Å²) in [6, 6.07) is 0. The monoisotopic (exact) mass is 154 g/mol. The molecule has 1 heterocycles. The summed E-state index contributed by atoms with van der Waals surface area (Å²) < 4.78 is 10.5. The topological polar surface area (TPSA) is 17.1 Å². The SMILES string of the molecule is O=S1CCCSS1. The third-order valence-electron chi connectivity index (χ3n) is 0.663. The van der Waals surface area contributed by atoms with Crippen LogP contribution in [0.5, 0.6) is 0 Å². The van der Waals surface area contributed by atoms with Crippen LogP contribution in [0.3, 0.4) is 0 Å². The third kappa shape index (κ3) is 2.06. The molecule has 0 bridgehead atoms. The fourth-order valence-electron chi connectivity index (χ4n) is 0.357. The average Bonchev–Trinajstić information content (AvgIpc) is 1.69. The van der Waals surface area contributed by atoms with Crippen LogP contribution in [0.25, 0.3) is 0 Å². The molecule has 1 aliphatic rings. The molecule has 0 N–H and O–H groups in total. The van der Waals surface area contributed by atoms with E-state index in [2.05, 4.69) is 0 Å². The van der Waals surface area contributed by atoms with Crippen molar-refractivity contribution in [2.75, 3.05) is 11.5 Å². The minimum atomic E-state index is -0.561. The molecule has 1 unspecified atom stereocenters. The van der Waals surface area contributed by atoms with Crippen molar-refractivity contribution >= 4 is 30.5 Å². The Morgan fingerprint density at radius 1 is 1.57 bits per heavy atom. The van der Waals surface area contributed by atoms with Crippen LogP contribution in [0.15, 0.2) is 0 Å². The molecule has 0 aromatic rings. The van der Waals surface area contributed by atoms with Crippen LogP contribution in [0, 0.1) is 0 Å². The van der Waals surface area contributed by atoms with Gasteiger partial charge in [0.25, 0.3) is 0 Å². The highest BCUT2D eigenvalue weighted by Crippen LogP contribution is 2.30. The van der Waals surface area contributed by atoms with Gasteiger partial charge in [-0.1, -0.05) is 10.8 Å². The number of hydrogen-bond donors (Lipinski definition) is 0. The van der Waals surface area contributed by atoms with E-state index >= 15 is 0 Å². The van der Waals surface area contributed by atoms with Gasteiger partial charge in [0, 0.05) is 21.3 Å². The van der Waals surface area contributed by atoms with Crippen LogP contribution in [0.2, 0.25) is 0 Å².